The quantitative estimate of drug-likeness (QED) is 0.821. The standard InChI is InChI=1S/C14H25N3/c1-15-14(13-7-3-4-8-13)9-5-6-12-10-16-17(2)11-12/h10-11,13-15H,3-9H2,1-2H3. The Balaban J connectivity index is 1.72. The highest BCUT2D eigenvalue weighted by molar-refractivity contribution is 5.03. The lowest BCUT2D eigenvalue weighted by atomic mass is 9.93. The van der Waals surface area contributed by atoms with Crippen molar-refractivity contribution in [3.63, 3.8) is 0 Å². The van der Waals surface area contributed by atoms with Gasteiger partial charge in [-0.1, -0.05) is 12.8 Å². The van der Waals surface area contributed by atoms with Gasteiger partial charge in [-0.3, -0.25) is 4.68 Å². The molecule has 1 aromatic heterocycles. The van der Waals surface area contributed by atoms with Crippen molar-refractivity contribution in [1.82, 2.24) is 15.1 Å². The molecule has 0 saturated heterocycles. The monoisotopic (exact) mass is 235 g/mol. The fourth-order valence-corrected chi connectivity index (χ4v) is 3.10. The Kier molecular flexibility index (Phi) is 4.60. The molecule has 1 N–H and O–H groups in total. The number of hydrogen-bond donors (Lipinski definition) is 1. The van der Waals surface area contributed by atoms with E-state index in [2.05, 4.69) is 23.7 Å². The topological polar surface area (TPSA) is 29.9 Å². The van der Waals surface area contributed by atoms with Gasteiger partial charge in [0.2, 0.25) is 0 Å². The number of nitrogens with zero attached hydrogens (tertiary/aromatic N) is 2. The van der Waals surface area contributed by atoms with Crippen LogP contribution in [0, 0.1) is 5.92 Å². The third kappa shape index (κ3) is 3.56. The lowest BCUT2D eigenvalue weighted by Gasteiger charge is -2.22. The first-order valence-corrected chi connectivity index (χ1v) is 6.94. The summed E-state index contributed by atoms with van der Waals surface area (Å²) in [5.41, 5.74) is 1.37. The van der Waals surface area contributed by atoms with Crippen LogP contribution in [0.2, 0.25) is 0 Å². The minimum atomic E-state index is 0.731. The maximum Gasteiger partial charge on any atom is 0.0521 e. The summed E-state index contributed by atoms with van der Waals surface area (Å²) in [6, 6.07) is 0.731. The van der Waals surface area contributed by atoms with E-state index in [1.807, 2.05) is 17.9 Å². The maximum absolute atomic E-state index is 4.21. The first-order valence-electron chi connectivity index (χ1n) is 6.94. The lowest BCUT2D eigenvalue weighted by Crippen LogP contribution is -2.32. The number of rotatable bonds is 6. The zero-order valence-electron chi connectivity index (χ0n) is 11.2. The minimum absolute atomic E-state index is 0.731. The van der Waals surface area contributed by atoms with Crippen molar-refractivity contribution in [3.8, 4) is 0 Å². The Morgan fingerprint density at radius 2 is 2.24 bits per heavy atom. The molecule has 2 rings (SSSR count). The summed E-state index contributed by atoms with van der Waals surface area (Å²) >= 11 is 0. The fraction of sp³-hybridized carbons (Fsp3) is 0.786. The molecule has 1 aliphatic rings. The predicted octanol–water partition coefficient (Wildman–Crippen LogP) is 2.52. The molecular formula is C14H25N3. The van der Waals surface area contributed by atoms with Crippen LogP contribution in [-0.2, 0) is 13.5 Å². The molecule has 1 aromatic rings. The molecule has 0 bridgehead atoms. The minimum Gasteiger partial charge on any atom is -0.317 e. The first-order chi connectivity index (χ1) is 8.29. The van der Waals surface area contributed by atoms with Crippen LogP contribution in [0.15, 0.2) is 12.4 Å². The highest BCUT2D eigenvalue weighted by Gasteiger charge is 2.23. The number of aryl methyl sites for hydroxylation is 2. The summed E-state index contributed by atoms with van der Waals surface area (Å²) in [7, 11) is 4.10. The number of nitrogens with one attached hydrogen (secondary N) is 1. The SMILES string of the molecule is CNC(CCCc1cnn(C)c1)C1CCCC1. The molecule has 17 heavy (non-hydrogen) atoms. The Labute approximate surface area is 105 Å². The molecule has 1 fully saturated rings. The third-order valence-corrected chi connectivity index (χ3v) is 4.08. The molecule has 3 nitrogen and oxygen atoms in total. The third-order valence-electron chi connectivity index (χ3n) is 4.08. The van der Waals surface area contributed by atoms with Crippen LogP contribution in [0.4, 0.5) is 0 Å². The molecule has 1 unspecified atom stereocenters. The van der Waals surface area contributed by atoms with E-state index in [1.54, 1.807) is 0 Å². The smallest absolute Gasteiger partial charge is 0.0521 e. The summed E-state index contributed by atoms with van der Waals surface area (Å²) < 4.78 is 1.89. The van der Waals surface area contributed by atoms with Crippen molar-refractivity contribution in [2.24, 2.45) is 13.0 Å². The van der Waals surface area contributed by atoms with Gasteiger partial charge in [0.05, 0.1) is 6.20 Å². The molecule has 0 amide bonds. The molecule has 1 aliphatic carbocycles. The van der Waals surface area contributed by atoms with Crippen LogP contribution < -0.4 is 5.32 Å². The maximum atomic E-state index is 4.21. The average molecular weight is 235 g/mol. The fourth-order valence-electron chi connectivity index (χ4n) is 3.10. The van der Waals surface area contributed by atoms with Gasteiger partial charge >= 0.3 is 0 Å². The van der Waals surface area contributed by atoms with Crippen molar-refractivity contribution in [2.75, 3.05) is 7.05 Å². The normalized spacial score (nSPS) is 18.7. The Morgan fingerprint density at radius 3 is 2.82 bits per heavy atom. The first kappa shape index (κ1) is 12.6. The summed E-state index contributed by atoms with van der Waals surface area (Å²) in [5, 5.41) is 7.73. The highest BCUT2D eigenvalue weighted by Crippen LogP contribution is 2.29. The van der Waals surface area contributed by atoms with E-state index in [4.69, 9.17) is 0 Å². The molecule has 1 heterocycles. The van der Waals surface area contributed by atoms with Gasteiger partial charge in [0, 0.05) is 19.3 Å². The number of aromatic nitrogens is 2. The van der Waals surface area contributed by atoms with Gasteiger partial charge in [-0.25, -0.2) is 0 Å². The van der Waals surface area contributed by atoms with E-state index in [9.17, 15) is 0 Å². The Bertz CT molecular complexity index is 326. The molecular weight excluding hydrogens is 210 g/mol. The molecule has 0 spiro atoms. The zero-order valence-corrected chi connectivity index (χ0v) is 11.2. The van der Waals surface area contributed by atoms with Crippen molar-refractivity contribution in [3.05, 3.63) is 18.0 Å². The van der Waals surface area contributed by atoms with Crippen LogP contribution in [0.1, 0.15) is 44.1 Å². The Morgan fingerprint density at radius 1 is 1.47 bits per heavy atom. The molecule has 1 saturated carbocycles. The van der Waals surface area contributed by atoms with E-state index >= 15 is 0 Å². The largest absolute Gasteiger partial charge is 0.317 e. The van der Waals surface area contributed by atoms with Gasteiger partial charge in [0.15, 0.2) is 0 Å². The van der Waals surface area contributed by atoms with Gasteiger partial charge < -0.3 is 5.32 Å². The Hall–Kier alpha value is -0.830. The van der Waals surface area contributed by atoms with Crippen LogP contribution in [0.5, 0.6) is 0 Å². The van der Waals surface area contributed by atoms with Crippen molar-refractivity contribution >= 4 is 0 Å². The second-order valence-corrected chi connectivity index (χ2v) is 5.35. The second kappa shape index (κ2) is 6.20. The van der Waals surface area contributed by atoms with Gasteiger partial charge in [0.25, 0.3) is 0 Å². The van der Waals surface area contributed by atoms with Crippen LogP contribution in [-0.4, -0.2) is 22.9 Å². The zero-order chi connectivity index (χ0) is 12.1. The van der Waals surface area contributed by atoms with Crippen LogP contribution >= 0.6 is 0 Å². The molecule has 1 atom stereocenters. The van der Waals surface area contributed by atoms with E-state index < -0.39 is 0 Å². The molecule has 3 heteroatoms. The molecule has 0 aromatic carbocycles. The molecule has 0 radical (unpaired) electrons. The van der Waals surface area contributed by atoms with E-state index in [1.165, 1.54) is 50.5 Å². The highest BCUT2D eigenvalue weighted by atomic mass is 15.2. The van der Waals surface area contributed by atoms with E-state index in [0.29, 0.717) is 0 Å². The molecule has 0 aliphatic heterocycles. The van der Waals surface area contributed by atoms with Crippen LogP contribution in [0.25, 0.3) is 0 Å². The van der Waals surface area contributed by atoms with Gasteiger partial charge in [-0.05, 0) is 50.6 Å². The average Bonchev–Trinajstić information content (AvgIpc) is 2.96. The number of hydrogen-bond acceptors (Lipinski definition) is 2. The summed E-state index contributed by atoms with van der Waals surface area (Å²) in [5.74, 6) is 0.925. The predicted molar refractivity (Wildman–Crippen MR) is 71.0 cm³/mol. The lowest BCUT2D eigenvalue weighted by molar-refractivity contribution is 0.353. The van der Waals surface area contributed by atoms with E-state index in [-0.39, 0.29) is 0 Å². The van der Waals surface area contributed by atoms with Crippen molar-refractivity contribution < 1.29 is 0 Å². The van der Waals surface area contributed by atoms with Gasteiger partial charge in [-0.2, -0.15) is 5.10 Å². The summed E-state index contributed by atoms with van der Waals surface area (Å²) in [6.07, 6.45) is 13.6. The van der Waals surface area contributed by atoms with Gasteiger partial charge in [-0.15, -0.1) is 0 Å². The second-order valence-electron chi connectivity index (χ2n) is 5.35. The van der Waals surface area contributed by atoms with Crippen molar-refractivity contribution in [2.45, 2.75) is 51.0 Å². The van der Waals surface area contributed by atoms with Crippen molar-refractivity contribution in [1.29, 1.82) is 0 Å². The molecule has 96 valence electrons. The van der Waals surface area contributed by atoms with E-state index in [0.717, 1.165) is 12.0 Å². The van der Waals surface area contributed by atoms with Crippen LogP contribution in [0.3, 0.4) is 0 Å². The summed E-state index contributed by atoms with van der Waals surface area (Å²) in [4.78, 5) is 0. The summed E-state index contributed by atoms with van der Waals surface area (Å²) in [6.45, 7) is 0. The van der Waals surface area contributed by atoms with Gasteiger partial charge in [0.1, 0.15) is 0 Å².